The summed E-state index contributed by atoms with van der Waals surface area (Å²) >= 11 is 0. The van der Waals surface area contributed by atoms with E-state index in [0.29, 0.717) is 13.2 Å². The maximum Gasteiger partial charge on any atom is 0.412 e. The molecule has 1 aliphatic rings. The fourth-order valence-electron chi connectivity index (χ4n) is 2.05. The van der Waals surface area contributed by atoms with Crippen LogP contribution in [0.3, 0.4) is 0 Å². The molecule has 0 saturated carbocycles. The molecule has 1 aliphatic heterocycles. The first-order chi connectivity index (χ1) is 7.31. The average Bonchev–Trinajstić information content (AvgIpc) is 2.36. The molecular formula is C12H23NO3. The van der Waals surface area contributed by atoms with Crippen LogP contribution in [0.25, 0.3) is 0 Å². The van der Waals surface area contributed by atoms with Crippen LogP contribution in [0.15, 0.2) is 0 Å². The zero-order valence-electron chi connectivity index (χ0n) is 11.0. The number of rotatable bonds is 3. The fourth-order valence-corrected chi connectivity index (χ4v) is 2.05. The molecule has 0 aromatic rings. The van der Waals surface area contributed by atoms with E-state index < -0.39 is 5.72 Å². The van der Waals surface area contributed by atoms with Crippen molar-refractivity contribution < 1.29 is 14.3 Å². The molecule has 1 amide bonds. The second-order valence-electron chi connectivity index (χ2n) is 5.35. The van der Waals surface area contributed by atoms with E-state index in [1.807, 2.05) is 27.7 Å². The third-order valence-electron chi connectivity index (χ3n) is 2.83. The van der Waals surface area contributed by atoms with E-state index in [9.17, 15) is 4.79 Å². The van der Waals surface area contributed by atoms with Crippen LogP contribution in [0.4, 0.5) is 4.79 Å². The second kappa shape index (κ2) is 4.62. The number of carbonyl (C=O) groups is 1. The zero-order chi connectivity index (χ0) is 12.4. The van der Waals surface area contributed by atoms with Crippen LogP contribution in [-0.4, -0.2) is 35.5 Å². The number of unbranched alkanes of at least 4 members (excludes halogenated alkanes) is 1. The van der Waals surface area contributed by atoms with E-state index in [2.05, 4.69) is 6.92 Å². The summed E-state index contributed by atoms with van der Waals surface area (Å²) in [5.41, 5.74) is -0.875. The largest absolute Gasteiger partial charge is 0.449 e. The maximum atomic E-state index is 12.0. The Hall–Kier alpha value is -0.770. The Morgan fingerprint density at radius 3 is 2.44 bits per heavy atom. The van der Waals surface area contributed by atoms with E-state index in [0.717, 1.165) is 12.8 Å². The molecule has 1 fully saturated rings. The molecule has 1 heterocycles. The van der Waals surface area contributed by atoms with Gasteiger partial charge in [-0.2, -0.15) is 0 Å². The van der Waals surface area contributed by atoms with Crippen molar-refractivity contribution in [2.24, 2.45) is 0 Å². The number of hydrogen-bond acceptors (Lipinski definition) is 3. The monoisotopic (exact) mass is 229 g/mol. The van der Waals surface area contributed by atoms with Crippen molar-refractivity contribution in [1.29, 1.82) is 0 Å². The minimum atomic E-state index is -0.577. The summed E-state index contributed by atoms with van der Waals surface area (Å²) in [6.07, 6.45) is 1.65. The summed E-state index contributed by atoms with van der Waals surface area (Å²) < 4.78 is 10.9. The molecule has 4 heteroatoms. The van der Waals surface area contributed by atoms with Crippen LogP contribution in [0.2, 0.25) is 0 Å². The molecule has 1 saturated heterocycles. The molecule has 4 nitrogen and oxygen atoms in total. The number of carbonyl (C=O) groups excluding carboxylic acids is 1. The summed E-state index contributed by atoms with van der Waals surface area (Å²) in [5.74, 6) is 0. The predicted molar refractivity (Wildman–Crippen MR) is 62.2 cm³/mol. The van der Waals surface area contributed by atoms with Gasteiger partial charge in [-0.05, 0) is 34.1 Å². The van der Waals surface area contributed by atoms with Gasteiger partial charge in [0.15, 0.2) is 0 Å². The van der Waals surface area contributed by atoms with Crippen LogP contribution in [-0.2, 0) is 9.47 Å². The van der Waals surface area contributed by atoms with Crippen molar-refractivity contribution in [2.75, 3.05) is 13.2 Å². The molecule has 94 valence electrons. The summed E-state index contributed by atoms with van der Waals surface area (Å²) in [4.78, 5) is 13.7. The maximum absolute atomic E-state index is 12.0. The predicted octanol–water partition coefficient (Wildman–Crippen LogP) is 2.77. The lowest BCUT2D eigenvalue weighted by atomic mass is 10.0. The Morgan fingerprint density at radius 2 is 2.00 bits per heavy atom. The molecule has 16 heavy (non-hydrogen) atoms. The van der Waals surface area contributed by atoms with Gasteiger partial charge in [-0.25, -0.2) is 4.79 Å². The van der Waals surface area contributed by atoms with Gasteiger partial charge in [-0.15, -0.1) is 0 Å². The Bertz CT molecular complexity index is 245. The third kappa shape index (κ3) is 2.67. The smallest absolute Gasteiger partial charge is 0.412 e. The minimum Gasteiger partial charge on any atom is -0.449 e. The van der Waals surface area contributed by atoms with Crippen molar-refractivity contribution >= 4 is 6.09 Å². The summed E-state index contributed by atoms with van der Waals surface area (Å²) in [6, 6.07) is 0. The number of hydrogen-bond donors (Lipinski definition) is 0. The molecule has 0 radical (unpaired) electrons. The molecule has 0 spiro atoms. The minimum absolute atomic E-state index is 0.277. The van der Waals surface area contributed by atoms with Gasteiger partial charge in [0.1, 0.15) is 5.72 Å². The Kier molecular flexibility index (Phi) is 3.84. The molecule has 0 N–H and O–H groups in total. The van der Waals surface area contributed by atoms with Crippen LogP contribution >= 0.6 is 0 Å². The lowest BCUT2D eigenvalue weighted by Gasteiger charge is -2.36. The van der Waals surface area contributed by atoms with E-state index >= 15 is 0 Å². The molecule has 0 bridgehead atoms. The molecule has 1 rings (SSSR count). The van der Waals surface area contributed by atoms with Crippen molar-refractivity contribution in [3.8, 4) is 0 Å². The summed E-state index contributed by atoms with van der Waals surface area (Å²) in [6.45, 7) is 10.9. The topological polar surface area (TPSA) is 38.8 Å². The Balaban J connectivity index is 2.65. The van der Waals surface area contributed by atoms with Crippen molar-refractivity contribution in [3.63, 3.8) is 0 Å². The first kappa shape index (κ1) is 13.3. The van der Waals surface area contributed by atoms with Gasteiger partial charge < -0.3 is 9.47 Å². The van der Waals surface area contributed by atoms with Crippen molar-refractivity contribution in [1.82, 2.24) is 4.90 Å². The summed E-state index contributed by atoms with van der Waals surface area (Å²) in [7, 11) is 0. The van der Waals surface area contributed by atoms with Gasteiger partial charge in [-0.1, -0.05) is 13.3 Å². The third-order valence-corrected chi connectivity index (χ3v) is 2.83. The lowest BCUT2D eigenvalue weighted by molar-refractivity contribution is -0.0518. The van der Waals surface area contributed by atoms with Crippen LogP contribution in [0.1, 0.15) is 47.5 Å². The van der Waals surface area contributed by atoms with Gasteiger partial charge in [0.25, 0.3) is 0 Å². The van der Waals surface area contributed by atoms with Gasteiger partial charge >= 0.3 is 6.09 Å². The quantitative estimate of drug-likeness (QED) is 0.698. The first-order valence-electron chi connectivity index (χ1n) is 5.92. The zero-order valence-corrected chi connectivity index (χ0v) is 11.0. The van der Waals surface area contributed by atoms with E-state index in [1.54, 1.807) is 4.90 Å². The number of amides is 1. The van der Waals surface area contributed by atoms with E-state index in [4.69, 9.17) is 9.47 Å². The van der Waals surface area contributed by atoms with Crippen LogP contribution in [0.5, 0.6) is 0 Å². The van der Waals surface area contributed by atoms with Gasteiger partial charge in [0, 0.05) is 0 Å². The summed E-state index contributed by atoms with van der Waals surface area (Å²) in [5, 5.41) is 0. The molecule has 0 aromatic heterocycles. The highest BCUT2D eigenvalue weighted by Gasteiger charge is 2.49. The van der Waals surface area contributed by atoms with Crippen molar-refractivity contribution in [2.45, 2.75) is 58.7 Å². The second-order valence-corrected chi connectivity index (χ2v) is 5.35. The Morgan fingerprint density at radius 1 is 1.38 bits per heavy atom. The number of nitrogens with zero attached hydrogens (tertiary/aromatic N) is 1. The molecule has 0 atom stereocenters. The normalized spacial score (nSPS) is 22.2. The highest BCUT2D eigenvalue weighted by atomic mass is 16.6. The highest BCUT2D eigenvalue weighted by molar-refractivity contribution is 5.69. The van der Waals surface area contributed by atoms with Gasteiger partial charge in [0.05, 0.1) is 18.8 Å². The number of ether oxygens (including phenoxy) is 2. The van der Waals surface area contributed by atoms with Crippen LogP contribution < -0.4 is 0 Å². The van der Waals surface area contributed by atoms with Gasteiger partial charge in [-0.3, -0.25) is 4.90 Å². The Labute approximate surface area is 97.9 Å². The standard InChI is InChI=1S/C12H23NO3/c1-6-7-8-15-10(14)13-11(2,3)9-16-12(13,4)5/h6-9H2,1-5H3. The lowest BCUT2D eigenvalue weighted by Crippen LogP contribution is -2.52. The molecule has 0 aromatic carbocycles. The average molecular weight is 229 g/mol. The SMILES string of the molecule is CCCCOC(=O)N1C(C)(C)COC1(C)C. The van der Waals surface area contributed by atoms with Crippen molar-refractivity contribution in [3.05, 3.63) is 0 Å². The van der Waals surface area contributed by atoms with Crippen LogP contribution in [0, 0.1) is 0 Å². The van der Waals surface area contributed by atoms with Gasteiger partial charge in [0.2, 0.25) is 0 Å². The first-order valence-corrected chi connectivity index (χ1v) is 5.92. The highest BCUT2D eigenvalue weighted by Crippen LogP contribution is 2.34. The molecule has 0 aliphatic carbocycles. The van der Waals surface area contributed by atoms with E-state index in [-0.39, 0.29) is 11.6 Å². The van der Waals surface area contributed by atoms with E-state index in [1.165, 1.54) is 0 Å². The molecule has 0 unspecified atom stereocenters. The fraction of sp³-hybridized carbons (Fsp3) is 0.917. The molecular weight excluding hydrogens is 206 g/mol.